The van der Waals surface area contributed by atoms with Gasteiger partial charge in [-0.2, -0.15) is 4.98 Å². The number of nitrogens with one attached hydrogen (secondary N) is 1. The number of rotatable bonds is 6. The molecule has 0 aliphatic carbocycles. The van der Waals surface area contributed by atoms with Gasteiger partial charge in [0.05, 0.1) is 6.10 Å². The topological polar surface area (TPSA) is 50.3 Å². The van der Waals surface area contributed by atoms with Gasteiger partial charge in [0.25, 0.3) is 0 Å². The minimum absolute atomic E-state index is 0.475. The van der Waals surface area contributed by atoms with E-state index in [1.54, 1.807) is 6.20 Å². The van der Waals surface area contributed by atoms with E-state index in [-0.39, 0.29) is 0 Å². The molecule has 5 heteroatoms. The molecular formula is C13H22N4O. The summed E-state index contributed by atoms with van der Waals surface area (Å²) in [5.74, 6) is 1.63. The zero-order valence-electron chi connectivity index (χ0n) is 11.2. The van der Waals surface area contributed by atoms with Crippen LogP contribution in [0.1, 0.15) is 25.7 Å². The molecule has 1 N–H and O–H groups in total. The number of nitrogens with zero attached hydrogens (tertiary/aromatic N) is 3. The van der Waals surface area contributed by atoms with E-state index in [4.69, 9.17) is 4.74 Å². The van der Waals surface area contributed by atoms with Gasteiger partial charge < -0.3 is 15.0 Å². The second kappa shape index (κ2) is 6.54. The molecule has 1 fully saturated rings. The van der Waals surface area contributed by atoms with E-state index in [0.717, 1.165) is 37.8 Å². The van der Waals surface area contributed by atoms with Crippen LogP contribution in [0, 0.1) is 0 Å². The standard InChI is InChI=1S/C13H22N4O/c1-14-12-7-8-15-13(16-12)17(2)9-3-5-11-6-4-10-18-11/h7-8,11H,3-6,9-10H2,1-2H3,(H,14,15,16)/t11-/m0/s1. The fourth-order valence-electron chi connectivity index (χ4n) is 2.20. The fourth-order valence-corrected chi connectivity index (χ4v) is 2.20. The molecule has 100 valence electrons. The highest BCUT2D eigenvalue weighted by Gasteiger charge is 2.15. The number of hydrogen-bond acceptors (Lipinski definition) is 5. The Labute approximate surface area is 109 Å². The third kappa shape index (κ3) is 3.57. The lowest BCUT2D eigenvalue weighted by molar-refractivity contribution is 0.103. The summed E-state index contributed by atoms with van der Waals surface area (Å²) in [6, 6.07) is 1.86. The summed E-state index contributed by atoms with van der Waals surface area (Å²) in [4.78, 5) is 10.8. The van der Waals surface area contributed by atoms with Gasteiger partial charge in [-0.05, 0) is 31.7 Å². The van der Waals surface area contributed by atoms with Crippen molar-refractivity contribution in [1.82, 2.24) is 9.97 Å². The van der Waals surface area contributed by atoms with Gasteiger partial charge in [-0.1, -0.05) is 0 Å². The zero-order valence-corrected chi connectivity index (χ0v) is 11.2. The summed E-state index contributed by atoms with van der Waals surface area (Å²) in [5.41, 5.74) is 0. The van der Waals surface area contributed by atoms with Crippen molar-refractivity contribution in [3.8, 4) is 0 Å². The lowest BCUT2D eigenvalue weighted by Crippen LogP contribution is -2.22. The Hall–Kier alpha value is -1.36. The molecule has 0 unspecified atom stereocenters. The maximum absolute atomic E-state index is 5.62. The molecule has 18 heavy (non-hydrogen) atoms. The van der Waals surface area contributed by atoms with Gasteiger partial charge in [0.2, 0.25) is 5.95 Å². The van der Waals surface area contributed by atoms with Gasteiger partial charge in [0.15, 0.2) is 0 Å². The normalized spacial score (nSPS) is 18.9. The van der Waals surface area contributed by atoms with Crippen molar-refractivity contribution in [2.45, 2.75) is 31.8 Å². The summed E-state index contributed by atoms with van der Waals surface area (Å²) < 4.78 is 5.62. The van der Waals surface area contributed by atoms with E-state index in [9.17, 15) is 0 Å². The molecule has 1 aliphatic rings. The van der Waals surface area contributed by atoms with E-state index in [1.165, 1.54) is 12.8 Å². The van der Waals surface area contributed by atoms with E-state index >= 15 is 0 Å². The molecule has 2 heterocycles. The molecule has 1 aromatic heterocycles. The summed E-state index contributed by atoms with van der Waals surface area (Å²) in [6.45, 7) is 1.90. The van der Waals surface area contributed by atoms with Crippen molar-refractivity contribution in [3.05, 3.63) is 12.3 Å². The third-order valence-electron chi connectivity index (χ3n) is 3.28. The minimum Gasteiger partial charge on any atom is -0.378 e. The highest BCUT2D eigenvalue weighted by atomic mass is 16.5. The first-order valence-electron chi connectivity index (χ1n) is 6.63. The van der Waals surface area contributed by atoms with Crippen LogP contribution in [0.3, 0.4) is 0 Å². The van der Waals surface area contributed by atoms with E-state index < -0.39 is 0 Å². The minimum atomic E-state index is 0.475. The van der Waals surface area contributed by atoms with Crippen molar-refractivity contribution in [2.24, 2.45) is 0 Å². The second-order valence-electron chi connectivity index (χ2n) is 4.69. The maximum Gasteiger partial charge on any atom is 0.226 e. The smallest absolute Gasteiger partial charge is 0.226 e. The molecule has 1 aliphatic heterocycles. The van der Waals surface area contributed by atoms with Crippen molar-refractivity contribution >= 4 is 11.8 Å². The van der Waals surface area contributed by atoms with Crippen LogP contribution in [0.4, 0.5) is 11.8 Å². The van der Waals surface area contributed by atoms with Gasteiger partial charge in [-0.15, -0.1) is 0 Å². The molecule has 0 spiro atoms. The predicted octanol–water partition coefficient (Wildman–Crippen LogP) is 1.91. The highest BCUT2D eigenvalue weighted by Crippen LogP contribution is 2.17. The largest absolute Gasteiger partial charge is 0.378 e. The van der Waals surface area contributed by atoms with Crippen LogP contribution >= 0.6 is 0 Å². The monoisotopic (exact) mass is 250 g/mol. The number of ether oxygens (including phenoxy) is 1. The maximum atomic E-state index is 5.62. The number of hydrogen-bond donors (Lipinski definition) is 1. The van der Waals surface area contributed by atoms with Crippen LogP contribution in [-0.4, -0.2) is 43.3 Å². The number of aromatic nitrogens is 2. The van der Waals surface area contributed by atoms with Crippen LogP contribution < -0.4 is 10.2 Å². The molecule has 0 radical (unpaired) electrons. The van der Waals surface area contributed by atoms with Gasteiger partial charge >= 0.3 is 0 Å². The first-order chi connectivity index (χ1) is 8.79. The summed E-state index contributed by atoms with van der Waals surface area (Å²) in [7, 11) is 3.90. The van der Waals surface area contributed by atoms with Gasteiger partial charge in [0.1, 0.15) is 5.82 Å². The molecule has 1 saturated heterocycles. The van der Waals surface area contributed by atoms with Crippen LogP contribution in [-0.2, 0) is 4.74 Å². The van der Waals surface area contributed by atoms with Gasteiger partial charge in [-0.3, -0.25) is 0 Å². The van der Waals surface area contributed by atoms with E-state index in [2.05, 4.69) is 20.2 Å². The average Bonchev–Trinajstić information content (AvgIpc) is 2.92. The van der Waals surface area contributed by atoms with Crippen LogP contribution in [0.2, 0.25) is 0 Å². The van der Waals surface area contributed by atoms with Crippen molar-refractivity contribution < 1.29 is 4.74 Å². The summed E-state index contributed by atoms with van der Waals surface area (Å²) in [6.07, 6.45) is 6.95. The molecule has 5 nitrogen and oxygen atoms in total. The Bertz CT molecular complexity index is 366. The fraction of sp³-hybridized carbons (Fsp3) is 0.692. The van der Waals surface area contributed by atoms with Crippen LogP contribution in [0.5, 0.6) is 0 Å². The molecule has 0 amide bonds. The molecule has 0 aromatic carbocycles. The Morgan fingerprint density at radius 3 is 3.17 bits per heavy atom. The quantitative estimate of drug-likeness (QED) is 0.836. The SMILES string of the molecule is CNc1ccnc(N(C)CCC[C@H]2CCCO2)n1. The van der Waals surface area contributed by atoms with E-state index in [0.29, 0.717) is 6.10 Å². The summed E-state index contributed by atoms with van der Waals surface area (Å²) >= 11 is 0. The Morgan fingerprint density at radius 2 is 2.44 bits per heavy atom. The molecule has 0 bridgehead atoms. The Balaban J connectivity index is 1.77. The predicted molar refractivity (Wildman–Crippen MR) is 73.1 cm³/mol. The first kappa shape index (κ1) is 13.1. The van der Waals surface area contributed by atoms with Gasteiger partial charge in [-0.25, -0.2) is 4.98 Å². The zero-order chi connectivity index (χ0) is 12.8. The first-order valence-corrected chi connectivity index (χ1v) is 6.63. The summed E-state index contributed by atoms with van der Waals surface area (Å²) in [5, 5.41) is 3.03. The molecule has 1 aromatic rings. The van der Waals surface area contributed by atoms with Gasteiger partial charge in [0, 0.05) is 33.4 Å². The highest BCUT2D eigenvalue weighted by molar-refractivity contribution is 5.39. The van der Waals surface area contributed by atoms with Crippen LogP contribution in [0.25, 0.3) is 0 Å². The number of anilines is 2. The Kier molecular flexibility index (Phi) is 4.75. The third-order valence-corrected chi connectivity index (χ3v) is 3.28. The van der Waals surface area contributed by atoms with Crippen molar-refractivity contribution in [1.29, 1.82) is 0 Å². The van der Waals surface area contributed by atoms with E-state index in [1.807, 2.05) is 20.2 Å². The molecular weight excluding hydrogens is 228 g/mol. The second-order valence-corrected chi connectivity index (χ2v) is 4.69. The molecule has 1 atom stereocenters. The molecule has 0 saturated carbocycles. The lowest BCUT2D eigenvalue weighted by Gasteiger charge is -2.18. The average molecular weight is 250 g/mol. The van der Waals surface area contributed by atoms with Crippen molar-refractivity contribution in [3.63, 3.8) is 0 Å². The molecule has 2 rings (SSSR count). The lowest BCUT2D eigenvalue weighted by atomic mass is 10.1. The Morgan fingerprint density at radius 1 is 1.56 bits per heavy atom. The van der Waals surface area contributed by atoms with Crippen LogP contribution in [0.15, 0.2) is 12.3 Å². The van der Waals surface area contributed by atoms with Crippen molar-refractivity contribution in [2.75, 3.05) is 37.5 Å².